The van der Waals surface area contributed by atoms with Gasteiger partial charge in [-0.1, -0.05) is 111 Å². The zero-order valence-electron chi connectivity index (χ0n) is 26.2. The van der Waals surface area contributed by atoms with Crippen molar-refractivity contribution in [2.24, 2.45) is 34.1 Å². The molecule has 0 heterocycles. The molecular weight excluding hydrogens is 557 g/mol. The van der Waals surface area contributed by atoms with E-state index in [1.807, 2.05) is 0 Å². The molecule has 4 nitrogen and oxygen atoms in total. The Balaban J connectivity index is 1.64. The fourth-order valence-corrected chi connectivity index (χ4v) is 10.2. The van der Waals surface area contributed by atoms with Gasteiger partial charge >= 0.3 is 0 Å². The van der Waals surface area contributed by atoms with Gasteiger partial charge in [-0.15, -0.1) is 0 Å². The smallest absolute Gasteiger partial charge is 0.224 e. The molecule has 42 heavy (non-hydrogen) atoms. The Morgan fingerprint density at radius 1 is 0.690 bits per heavy atom. The Morgan fingerprint density at radius 2 is 1.07 bits per heavy atom. The molecule has 6 heteroatoms. The molecule has 2 aliphatic carbocycles. The summed E-state index contributed by atoms with van der Waals surface area (Å²) in [6.45, 7) is 8.91. The first-order valence-electron chi connectivity index (χ1n) is 16.2. The Labute approximate surface area is 262 Å². The van der Waals surface area contributed by atoms with Crippen LogP contribution < -0.4 is 11.5 Å². The van der Waals surface area contributed by atoms with Crippen molar-refractivity contribution < 1.29 is 9.59 Å². The average molecular weight is 609 g/mol. The number of rotatable bonds is 13. The lowest BCUT2D eigenvalue weighted by molar-refractivity contribution is -0.132. The number of hydrogen-bond acceptors (Lipinski definition) is 4. The van der Waals surface area contributed by atoms with Crippen LogP contribution in [-0.4, -0.2) is 11.8 Å². The van der Waals surface area contributed by atoms with Gasteiger partial charge in [-0.3, -0.25) is 9.59 Å². The highest BCUT2D eigenvalue weighted by Gasteiger charge is 2.48. The monoisotopic (exact) mass is 608 g/mol. The van der Waals surface area contributed by atoms with Crippen molar-refractivity contribution in [2.45, 2.75) is 126 Å². The summed E-state index contributed by atoms with van der Waals surface area (Å²) in [5, 5.41) is 0. The number of hydrogen-bond donors (Lipinski definition) is 2. The van der Waals surface area contributed by atoms with Gasteiger partial charge < -0.3 is 11.5 Å². The highest BCUT2D eigenvalue weighted by molar-refractivity contribution is 8.76. The molecule has 2 aromatic carbocycles. The summed E-state index contributed by atoms with van der Waals surface area (Å²) in [6.07, 6.45) is 11.9. The second-order valence-corrected chi connectivity index (χ2v) is 16.0. The van der Waals surface area contributed by atoms with E-state index in [0.29, 0.717) is 11.8 Å². The van der Waals surface area contributed by atoms with E-state index in [-0.39, 0.29) is 23.7 Å². The molecule has 2 amide bonds. The molecule has 4 atom stereocenters. The minimum atomic E-state index is -0.485. The molecule has 2 saturated carbocycles. The van der Waals surface area contributed by atoms with Gasteiger partial charge in [-0.05, 0) is 98.3 Å². The Kier molecular flexibility index (Phi) is 11.5. The number of carbonyl (C=O) groups is 2. The van der Waals surface area contributed by atoms with Crippen molar-refractivity contribution in [1.29, 1.82) is 0 Å². The van der Waals surface area contributed by atoms with Crippen molar-refractivity contribution in [1.82, 2.24) is 0 Å². The minimum absolute atomic E-state index is 0.132. The summed E-state index contributed by atoms with van der Waals surface area (Å²) in [5.74, 6) is 1.08. The molecule has 0 spiro atoms. The van der Waals surface area contributed by atoms with Gasteiger partial charge in [0.15, 0.2) is 0 Å². The highest BCUT2D eigenvalue weighted by atomic mass is 33.1. The zero-order chi connectivity index (χ0) is 30.3. The predicted octanol–water partition coefficient (Wildman–Crippen LogP) is 9.62. The van der Waals surface area contributed by atoms with Crippen LogP contribution in [0.1, 0.15) is 128 Å². The van der Waals surface area contributed by atoms with Crippen LogP contribution in [0.2, 0.25) is 0 Å². The topological polar surface area (TPSA) is 86.2 Å². The summed E-state index contributed by atoms with van der Waals surface area (Å²) >= 11 is 0. The third-order valence-electron chi connectivity index (χ3n) is 10.2. The zero-order valence-corrected chi connectivity index (χ0v) is 27.8. The van der Waals surface area contributed by atoms with Crippen LogP contribution in [0.5, 0.6) is 0 Å². The molecule has 2 aliphatic rings. The SMILES string of the molecule is CC(C)CCC1(C(N)=O)CCCCC1c1ccccc1SSc1ccccc1C1CCCCC1(CCC(C)C)C(N)=O. The number of amides is 2. The van der Waals surface area contributed by atoms with Crippen molar-refractivity contribution in [2.75, 3.05) is 0 Å². The van der Waals surface area contributed by atoms with Crippen LogP contribution in [0.25, 0.3) is 0 Å². The van der Waals surface area contributed by atoms with E-state index in [1.165, 1.54) is 20.9 Å². The van der Waals surface area contributed by atoms with Crippen LogP contribution in [0, 0.1) is 22.7 Å². The normalized spacial score (nSPS) is 26.4. The van der Waals surface area contributed by atoms with Crippen molar-refractivity contribution >= 4 is 33.4 Å². The maximum atomic E-state index is 13.2. The van der Waals surface area contributed by atoms with E-state index < -0.39 is 10.8 Å². The number of primary amides is 2. The molecular formula is C36H52N2O2S2. The molecule has 0 radical (unpaired) electrons. The average Bonchev–Trinajstić information content (AvgIpc) is 2.98. The molecule has 0 bridgehead atoms. The summed E-state index contributed by atoms with van der Waals surface area (Å²) in [5.41, 5.74) is 14.0. The summed E-state index contributed by atoms with van der Waals surface area (Å²) in [4.78, 5) is 28.8. The largest absolute Gasteiger partial charge is 0.369 e. The van der Waals surface area contributed by atoms with Crippen molar-refractivity contribution in [3.8, 4) is 0 Å². The van der Waals surface area contributed by atoms with Crippen LogP contribution in [0.15, 0.2) is 58.3 Å². The summed E-state index contributed by atoms with van der Waals surface area (Å²) < 4.78 is 0. The third kappa shape index (κ3) is 7.23. The summed E-state index contributed by atoms with van der Waals surface area (Å²) in [6, 6.07) is 17.3. The van der Waals surface area contributed by atoms with Crippen LogP contribution in [-0.2, 0) is 9.59 Å². The van der Waals surface area contributed by atoms with Crippen LogP contribution >= 0.6 is 21.6 Å². The molecule has 0 aromatic heterocycles. The van der Waals surface area contributed by atoms with E-state index in [1.54, 1.807) is 21.6 Å². The fraction of sp³-hybridized carbons (Fsp3) is 0.611. The van der Waals surface area contributed by atoms with Gasteiger partial charge in [0.2, 0.25) is 11.8 Å². The Morgan fingerprint density at radius 3 is 1.43 bits per heavy atom. The van der Waals surface area contributed by atoms with Gasteiger partial charge in [-0.25, -0.2) is 0 Å². The van der Waals surface area contributed by atoms with Gasteiger partial charge in [-0.2, -0.15) is 0 Å². The number of nitrogens with two attached hydrogens (primary N) is 2. The van der Waals surface area contributed by atoms with E-state index in [4.69, 9.17) is 11.5 Å². The molecule has 4 unspecified atom stereocenters. The lowest BCUT2D eigenvalue weighted by atomic mass is 9.60. The minimum Gasteiger partial charge on any atom is -0.369 e. The van der Waals surface area contributed by atoms with E-state index in [9.17, 15) is 9.59 Å². The lowest BCUT2D eigenvalue weighted by Crippen LogP contribution is -2.44. The number of benzene rings is 2. The van der Waals surface area contributed by atoms with Gasteiger partial charge in [0.25, 0.3) is 0 Å². The quantitative estimate of drug-likeness (QED) is 0.222. The lowest BCUT2D eigenvalue weighted by Gasteiger charge is -2.43. The molecule has 2 fully saturated rings. The predicted molar refractivity (Wildman–Crippen MR) is 178 cm³/mol. The molecule has 2 aromatic rings. The maximum Gasteiger partial charge on any atom is 0.224 e. The third-order valence-corrected chi connectivity index (χ3v) is 12.7. The summed E-state index contributed by atoms with van der Waals surface area (Å²) in [7, 11) is 3.57. The van der Waals surface area contributed by atoms with E-state index >= 15 is 0 Å². The van der Waals surface area contributed by atoms with E-state index in [0.717, 1.165) is 77.0 Å². The number of carbonyl (C=O) groups excluding carboxylic acids is 2. The molecule has 0 aliphatic heterocycles. The maximum absolute atomic E-state index is 13.2. The first kappa shape index (κ1) is 33.0. The van der Waals surface area contributed by atoms with Crippen molar-refractivity contribution in [3.63, 3.8) is 0 Å². The van der Waals surface area contributed by atoms with Crippen LogP contribution in [0.3, 0.4) is 0 Å². The second kappa shape index (κ2) is 14.7. The van der Waals surface area contributed by atoms with Gasteiger partial charge in [0.05, 0.1) is 10.8 Å². The van der Waals surface area contributed by atoms with Gasteiger partial charge in [0, 0.05) is 9.79 Å². The Bertz CT molecular complexity index is 1120. The van der Waals surface area contributed by atoms with E-state index in [2.05, 4.69) is 76.2 Å². The molecule has 4 N–H and O–H groups in total. The first-order chi connectivity index (χ1) is 20.1. The first-order valence-corrected chi connectivity index (χ1v) is 18.4. The van der Waals surface area contributed by atoms with Crippen LogP contribution in [0.4, 0.5) is 0 Å². The molecule has 4 rings (SSSR count). The molecule has 0 saturated heterocycles. The second-order valence-electron chi connectivity index (χ2n) is 13.7. The highest BCUT2D eigenvalue weighted by Crippen LogP contribution is 2.56. The van der Waals surface area contributed by atoms with Crippen molar-refractivity contribution in [3.05, 3.63) is 59.7 Å². The van der Waals surface area contributed by atoms with Gasteiger partial charge in [0.1, 0.15) is 0 Å². The molecule has 230 valence electrons. The Hall–Kier alpha value is -1.92. The standard InChI is InChI=1S/C36H52N2O2S2/c1-25(2)19-23-35(33(37)39)21-11-9-15-29(35)27-13-5-7-17-31(27)41-42-32-18-8-6-14-28(32)30-16-10-12-22-36(30,34(38)40)24-20-26(3)4/h5-8,13-14,17-18,25-26,29-30H,9-12,15-16,19-24H2,1-4H3,(H2,37,39)(H2,38,40). The fourth-order valence-electron chi connectivity index (χ4n) is 7.69.